The summed E-state index contributed by atoms with van der Waals surface area (Å²) in [6, 6.07) is 3.14. The molecule has 7 heteroatoms. The monoisotopic (exact) mass is 292 g/mol. The van der Waals surface area contributed by atoms with Crippen LogP contribution in [0, 0.1) is 11.7 Å². The Balaban J connectivity index is 2.24. The first kappa shape index (κ1) is 13.7. The quantitative estimate of drug-likeness (QED) is 0.864. The van der Waals surface area contributed by atoms with E-state index >= 15 is 0 Å². The number of hydrogen-bond donors (Lipinski definition) is 2. The van der Waals surface area contributed by atoms with Crippen molar-refractivity contribution in [2.45, 2.75) is 23.8 Å². The van der Waals surface area contributed by atoms with E-state index in [1.807, 2.05) is 0 Å². The molecular formula is C11H14ClFN2O2S. The Bertz CT molecular complexity index is 546. The molecule has 2 rings (SSSR count). The highest BCUT2D eigenvalue weighted by Gasteiger charge is 2.34. The molecule has 1 aromatic rings. The van der Waals surface area contributed by atoms with Gasteiger partial charge in [-0.05, 0) is 37.0 Å². The van der Waals surface area contributed by atoms with Crippen LogP contribution in [0.5, 0.6) is 0 Å². The van der Waals surface area contributed by atoms with E-state index in [0.717, 1.165) is 25.0 Å². The van der Waals surface area contributed by atoms with Crippen molar-refractivity contribution in [3.05, 3.63) is 29.0 Å². The van der Waals surface area contributed by atoms with Crippen molar-refractivity contribution in [2.75, 3.05) is 6.54 Å². The van der Waals surface area contributed by atoms with Crippen molar-refractivity contribution < 1.29 is 12.8 Å². The van der Waals surface area contributed by atoms with E-state index in [4.69, 9.17) is 17.3 Å². The number of halogens is 2. The lowest BCUT2D eigenvalue weighted by Gasteiger charge is -2.16. The molecular weight excluding hydrogens is 279 g/mol. The van der Waals surface area contributed by atoms with E-state index < -0.39 is 20.7 Å². The lowest BCUT2D eigenvalue weighted by Crippen LogP contribution is -2.41. The van der Waals surface area contributed by atoms with Gasteiger partial charge in [0.1, 0.15) is 10.7 Å². The molecule has 0 aliphatic heterocycles. The largest absolute Gasteiger partial charge is 0.329 e. The third kappa shape index (κ3) is 3.00. The maximum atomic E-state index is 13.6. The average Bonchev–Trinajstić information content (AvgIpc) is 3.09. The predicted octanol–water partition coefficient (Wildman–Crippen LogP) is 1.49. The Morgan fingerprint density at radius 1 is 1.50 bits per heavy atom. The molecule has 1 aromatic carbocycles. The molecule has 0 radical (unpaired) electrons. The SMILES string of the molecule is NCC(NS(=O)(=O)c1ccc(Cl)cc1F)C1CC1. The average molecular weight is 293 g/mol. The number of hydrogen-bond acceptors (Lipinski definition) is 3. The zero-order valence-electron chi connectivity index (χ0n) is 9.57. The van der Waals surface area contributed by atoms with Crippen LogP contribution in [0.25, 0.3) is 0 Å². The molecule has 0 spiro atoms. The van der Waals surface area contributed by atoms with Gasteiger partial charge in [0.05, 0.1) is 0 Å². The zero-order chi connectivity index (χ0) is 13.3. The van der Waals surface area contributed by atoms with Crippen LogP contribution in [0.3, 0.4) is 0 Å². The van der Waals surface area contributed by atoms with Gasteiger partial charge in [0, 0.05) is 17.6 Å². The Morgan fingerprint density at radius 2 is 2.17 bits per heavy atom. The highest BCUT2D eigenvalue weighted by Crippen LogP contribution is 2.33. The second kappa shape index (κ2) is 5.13. The molecule has 4 nitrogen and oxygen atoms in total. The molecule has 1 atom stereocenters. The number of benzene rings is 1. The molecule has 100 valence electrons. The van der Waals surface area contributed by atoms with E-state index in [2.05, 4.69) is 4.72 Å². The summed E-state index contributed by atoms with van der Waals surface area (Å²) in [6.45, 7) is 0.207. The van der Waals surface area contributed by atoms with Crippen molar-refractivity contribution >= 4 is 21.6 Å². The molecule has 0 aromatic heterocycles. The Hall–Kier alpha value is -0.690. The first-order valence-electron chi connectivity index (χ1n) is 5.61. The maximum absolute atomic E-state index is 13.6. The van der Waals surface area contributed by atoms with Crippen molar-refractivity contribution in [2.24, 2.45) is 11.7 Å². The van der Waals surface area contributed by atoms with Crippen LogP contribution in [-0.2, 0) is 10.0 Å². The number of nitrogens with two attached hydrogens (primary N) is 1. The van der Waals surface area contributed by atoms with Gasteiger partial charge in [-0.15, -0.1) is 0 Å². The zero-order valence-corrected chi connectivity index (χ0v) is 11.1. The fourth-order valence-corrected chi connectivity index (χ4v) is 3.33. The predicted molar refractivity (Wildman–Crippen MR) is 67.3 cm³/mol. The molecule has 1 unspecified atom stereocenters. The fraction of sp³-hybridized carbons (Fsp3) is 0.455. The van der Waals surface area contributed by atoms with Gasteiger partial charge < -0.3 is 5.73 Å². The highest BCUT2D eigenvalue weighted by molar-refractivity contribution is 7.89. The third-order valence-electron chi connectivity index (χ3n) is 2.93. The summed E-state index contributed by atoms with van der Waals surface area (Å²) in [6.07, 6.45) is 1.90. The van der Waals surface area contributed by atoms with Gasteiger partial charge in [-0.25, -0.2) is 17.5 Å². The summed E-state index contributed by atoms with van der Waals surface area (Å²) in [5.41, 5.74) is 5.52. The van der Waals surface area contributed by atoms with Crippen LogP contribution in [-0.4, -0.2) is 21.0 Å². The van der Waals surface area contributed by atoms with Gasteiger partial charge in [-0.1, -0.05) is 11.6 Å². The molecule has 1 fully saturated rings. The third-order valence-corrected chi connectivity index (χ3v) is 4.69. The minimum absolute atomic E-state index is 0.156. The molecule has 1 aliphatic rings. The second-order valence-electron chi connectivity index (χ2n) is 4.38. The van der Waals surface area contributed by atoms with E-state index in [1.54, 1.807) is 0 Å². The van der Waals surface area contributed by atoms with Crippen molar-refractivity contribution in [3.8, 4) is 0 Å². The number of rotatable bonds is 5. The van der Waals surface area contributed by atoms with E-state index in [0.29, 0.717) is 0 Å². The number of nitrogens with one attached hydrogen (secondary N) is 1. The van der Waals surface area contributed by atoms with Crippen LogP contribution in [0.15, 0.2) is 23.1 Å². The smallest absolute Gasteiger partial charge is 0.243 e. The standard InChI is InChI=1S/C11H14ClFN2O2S/c12-8-3-4-11(9(13)5-8)18(16,17)15-10(6-14)7-1-2-7/h3-5,7,10,15H,1-2,6,14H2. The first-order valence-corrected chi connectivity index (χ1v) is 7.47. The summed E-state index contributed by atoms with van der Waals surface area (Å²) >= 11 is 5.59. The van der Waals surface area contributed by atoms with Crippen molar-refractivity contribution in [1.82, 2.24) is 4.72 Å². The van der Waals surface area contributed by atoms with Gasteiger partial charge in [0.2, 0.25) is 10.0 Å². The summed E-state index contributed by atoms with van der Waals surface area (Å²) in [5, 5.41) is 0.156. The summed E-state index contributed by atoms with van der Waals surface area (Å²) in [5.74, 6) is -0.596. The van der Waals surface area contributed by atoms with Crippen molar-refractivity contribution in [1.29, 1.82) is 0 Å². The van der Waals surface area contributed by atoms with Gasteiger partial charge in [0.25, 0.3) is 0 Å². The lowest BCUT2D eigenvalue weighted by molar-refractivity contribution is 0.511. The lowest BCUT2D eigenvalue weighted by atomic mass is 10.2. The molecule has 0 bridgehead atoms. The van der Waals surface area contributed by atoms with Crippen LogP contribution >= 0.6 is 11.6 Å². The Labute approximate surface area is 110 Å². The van der Waals surface area contributed by atoms with Crippen LogP contribution < -0.4 is 10.5 Å². The second-order valence-corrected chi connectivity index (χ2v) is 6.49. The summed E-state index contributed by atoms with van der Waals surface area (Å²) in [7, 11) is -3.89. The van der Waals surface area contributed by atoms with E-state index in [9.17, 15) is 12.8 Å². The fourth-order valence-electron chi connectivity index (χ4n) is 1.79. The van der Waals surface area contributed by atoms with Crippen LogP contribution in [0.4, 0.5) is 4.39 Å². The van der Waals surface area contributed by atoms with Gasteiger partial charge >= 0.3 is 0 Å². The van der Waals surface area contributed by atoms with Crippen LogP contribution in [0.1, 0.15) is 12.8 Å². The topological polar surface area (TPSA) is 72.2 Å². The van der Waals surface area contributed by atoms with Crippen LogP contribution in [0.2, 0.25) is 5.02 Å². The molecule has 0 saturated heterocycles. The molecule has 0 heterocycles. The molecule has 18 heavy (non-hydrogen) atoms. The van der Waals surface area contributed by atoms with E-state index in [-0.39, 0.29) is 23.5 Å². The summed E-state index contributed by atoms with van der Waals surface area (Å²) in [4.78, 5) is -0.397. The minimum Gasteiger partial charge on any atom is -0.329 e. The van der Waals surface area contributed by atoms with E-state index in [1.165, 1.54) is 6.07 Å². The molecule has 0 amide bonds. The number of sulfonamides is 1. The van der Waals surface area contributed by atoms with Gasteiger partial charge in [-0.3, -0.25) is 0 Å². The maximum Gasteiger partial charge on any atom is 0.243 e. The van der Waals surface area contributed by atoms with Crippen molar-refractivity contribution in [3.63, 3.8) is 0 Å². The minimum atomic E-state index is -3.89. The first-order chi connectivity index (χ1) is 8.44. The van der Waals surface area contributed by atoms with Gasteiger partial charge in [0.15, 0.2) is 0 Å². The Kier molecular flexibility index (Phi) is 3.91. The molecule has 1 aliphatic carbocycles. The Morgan fingerprint density at radius 3 is 2.67 bits per heavy atom. The normalized spacial score (nSPS) is 17.7. The van der Waals surface area contributed by atoms with Gasteiger partial charge in [-0.2, -0.15) is 0 Å². The highest BCUT2D eigenvalue weighted by atomic mass is 35.5. The summed E-state index contributed by atoms with van der Waals surface area (Å²) < 4.78 is 40.1. The molecule has 1 saturated carbocycles. The molecule has 3 N–H and O–H groups in total.